The number of hydrogen-bond donors (Lipinski definition) is 1. The molecule has 1 N–H and O–H groups in total. The van der Waals surface area contributed by atoms with Crippen LogP contribution in [0.15, 0.2) is 39.1 Å². The van der Waals surface area contributed by atoms with Gasteiger partial charge in [0.1, 0.15) is 0 Å². The Labute approximate surface area is 114 Å². The predicted octanol–water partition coefficient (Wildman–Crippen LogP) is 1.13. The molecule has 0 saturated heterocycles. The van der Waals surface area contributed by atoms with Crippen LogP contribution >= 0.6 is 0 Å². The fraction of sp³-hybridized carbons (Fsp3) is 0.182. The zero-order valence-corrected chi connectivity index (χ0v) is 11.5. The topological polar surface area (TPSA) is 111 Å². The molecule has 0 aliphatic carbocycles. The largest absolute Gasteiger partial charge is 0.301 e. The molecule has 0 unspecified atom stereocenters. The van der Waals surface area contributed by atoms with Gasteiger partial charge in [0.25, 0.3) is 10.1 Å². The Kier molecular flexibility index (Phi) is 3.32. The molecule has 0 amide bonds. The first kappa shape index (κ1) is 14.2. The molecule has 2 rings (SSSR count). The van der Waals surface area contributed by atoms with E-state index >= 15 is 0 Å². The van der Waals surface area contributed by atoms with Crippen molar-refractivity contribution in [2.75, 3.05) is 0 Å². The number of aromatic nitrogens is 2. The van der Waals surface area contributed by atoms with E-state index in [1.165, 1.54) is 29.9 Å². The molecule has 1 aromatic heterocycles. The van der Waals surface area contributed by atoms with E-state index in [-0.39, 0.29) is 16.3 Å². The Balaban J connectivity index is 2.77. The highest BCUT2D eigenvalue weighted by atomic mass is 32.2. The molecule has 0 aliphatic heterocycles. The van der Waals surface area contributed by atoms with Gasteiger partial charge in [-0.05, 0) is 30.3 Å². The zero-order chi connectivity index (χ0) is 15.1. The molecule has 0 saturated carbocycles. The van der Waals surface area contributed by atoms with Crippen molar-refractivity contribution in [1.82, 2.24) is 9.36 Å². The smallest absolute Gasteiger partial charge is 0.283 e. The Morgan fingerprint density at radius 1 is 1.30 bits per heavy atom. The Bertz CT molecular complexity index is 847. The predicted molar refractivity (Wildman–Crippen MR) is 71.0 cm³/mol. The van der Waals surface area contributed by atoms with Crippen LogP contribution in [0.4, 0.5) is 5.69 Å². The quantitative estimate of drug-likeness (QED) is 0.674. The van der Waals surface area contributed by atoms with Crippen LogP contribution in [0.2, 0.25) is 0 Å². The molecule has 106 valence electrons. The first-order chi connectivity index (χ1) is 9.27. The molecule has 0 atom stereocenters. The van der Waals surface area contributed by atoms with Gasteiger partial charge in [-0.25, -0.2) is 4.68 Å². The summed E-state index contributed by atoms with van der Waals surface area (Å²) >= 11 is 0. The molecule has 8 nitrogen and oxygen atoms in total. The lowest BCUT2D eigenvalue weighted by Gasteiger charge is -2.08. The maximum absolute atomic E-state index is 12.0. The van der Waals surface area contributed by atoms with Gasteiger partial charge in [-0.2, -0.15) is 8.42 Å². The van der Waals surface area contributed by atoms with E-state index in [0.29, 0.717) is 5.69 Å². The lowest BCUT2D eigenvalue weighted by molar-refractivity contribution is 0.483. The van der Waals surface area contributed by atoms with Gasteiger partial charge >= 0.3 is 5.56 Å². The average Bonchev–Trinajstić information content (AvgIpc) is 2.59. The summed E-state index contributed by atoms with van der Waals surface area (Å²) in [5.74, 6) is 0. The van der Waals surface area contributed by atoms with E-state index in [1.807, 2.05) is 0 Å². The first-order valence-electron chi connectivity index (χ1n) is 5.47. The van der Waals surface area contributed by atoms with Crippen LogP contribution in [0.5, 0.6) is 0 Å². The van der Waals surface area contributed by atoms with Crippen LogP contribution in [-0.2, 0) is 17.2 Å². The highest BCUT2D eigenvalue weighted by Gasteiger charge is 2.18. The van der Waals surface area contributed by atoms with Crippen LogP contribution in [-0.4, -0.2) is 22.3 Å². The second kappa shape index (κ2) is 4.69. The van der Waals surface area contributed by atoms with Crippen molar-refractivity contribution in [2.24, 2.45) is 12.2 Å². The lowest BCUT2D eigenvalue weighted by Crippen LogP contribution is -2.19. The standard InChI is InChI=1S/C11H11N3O5S/c1-7-10(12-16)11(15)14(13(7)2)8-4-3-5-9(6-8)20(17,18)19/h3-6H,1-2H3,(H,17,18,19). The highest BCUT2D eigenvalue weighted by molar-refractivity contribution is 7.85. The van der Waals surface area contributed by atoms with Crippen molar-refractivity contribution in [2.45, 2.75) is 11.8 Å². The van der Waals surface area contributed by atoms with Crippen LogP contribution in [0.3, 0.4) is 0 Å². The third kappa shape index (κ3) is 2.17. The average molecular weight is 297 g/mol. The summed E-state index contributed by atoms with van der Waals surface area (Å²) in [7, 11) is -2.84. The molecular formula is C11H11N3O5S. The molecule has 2 aromatic rings. The van der Waals surface area contributed by atoms with E-state index in [2.05, 4.69) is 5.18 Å². The summed E-state index contributed by atoms with van der Waals surface area (Å²) in [6.07, 6.45) is 0. The van der Waals surface area contributed by atoms with Crippen LogP contribution in [0.1, 0.15) is 5.69 Å². The van der Waals surface area contributed by atoms with E-state index < -0.39 is 15.7 Å². The molecule has 20 heavy (non-hydrogen) atoms. The summed E-state index contributed by atoms with van der Waals surface area (Å²) in [5, 5.41) is 2.68. The normalized spacial score (nSPS) is 11.6. The van der Waals surface area contributed by atoms with E-state index in [9.17, 15) is 18.1 Å². The molecule has 0 bridgehead atoms. The molecule has 1 heterocycles. The van der Waals surface area contributed by atoms with Gasteiger partial charge in [0.05, 0.1) is 16.3 Å². The summed E-state index contributed by atoms with van der Waals surface area (Å²) in [6.45, 7) is 1.54. The first-order valence-corrected chi connectivity index (χ1v) is 6.91. The molecular weight excluding hydrogens is 286 g/mol. The third-order valence-corrected chi connectivity index (χ3v) is 3.82. The molecule has 0 aliphatic rings. The van der Waals surface area contributed by atoms with Crippen molar-refractivity contribution >= 4 is 15.8 Å². The second-order valence-electron chi connectivity index (χ2n) is 4.14. The van der Waals surface area contributed by atoms with Crippen molar-refractivity contribution in [1.29, 1.82) is 0 Å². The van der Waals surface area contributed by atoms with E-state index in [4.69, 9.17) is 4.55 Å². The highest BCUT2D eigenvalue weighted by Crippen LogP contribution is 2.18. The van der Waals surface area contributed by atoms with Gasteiger partial charge in [-0.3, -0.25) is 14.0 Å². The Morgan fingerprint density at radius 3 is 2.45 bits per heavy atom. The van der Waals surface area contributed by atoms with Crippen LogP contribution in [0, 0.1) is 11.8 Å². The molecule has 0 radical (unpaired) electrons. The summed E-state index contributed by atoms with van der Waals surface area (Å²) in [5.41, 5.74) is -0.356. The number of benzene rings is 1. The summed E-state index contributed by atoms with van der Waals surface area (Å²) in [4.78, 5) is 22.4. The van der Waals surface area contributed by atoms with Crippen molar-refractivity contribution in [3.05, 3.63) is 45.2 Å². The van der Waals surface area contributed by atoms with Gasteiger partial charge < -0.3 is 0 Å². The van der Waals surface area contributed by atoms with E-state index in [1.54, 1.807) is 6.92 Å². The fourth-order valence-electron chi connectivity index (χ4n) is 1.87. The SMILES string of the molecule is Cc1c(N=O)c(=O)n(-c2cccc(S(=O)(=O)O)c2)n1C. The zero-order valence-electron chi connectivity index (χ0n) is 10.6. The fourth-order valence-corrected chi connectivity index (χ4v) is 2.39. The number of hydrogen-bond acceptors (Lipinski definition) is 5. The maximum atomic E-state index is 12.0. The minimum Gasteiger partial charge on any atom is -0.283 e. The molecule has 1 aromatic carbocycles. The number of nitroso groups, excluding NO2 is 1. The van der Waals surface area contributed by atoms with Crippen molar-refractivity contribution < 1.29 is 13.0 Å². The molecule has 9 heteroatoms. The van der Waals surface area contributed by atoms with Gasteiger partial charge in [-0.1, -0.05) is 6.07 Å². The van der Waals surface area contributed by atoms with Crippen LogP contribution in [0.25, 0.3) is 5.69 Å². The maximum Gasteiger partial charge on any atom is 0.301 e. The van der Waals surface area contributed by atoms with Crippen LogP contribution < -0.4 is 5.56 Å². The van der Waals surface area contributed by atoms with Gasteiger partial charge in [-0.15, -0.1) is 4.91 Å². The Hall–Kier alpha value is -2.26. The van der Waals surface area contributed by atoms with Crippen molar-refractivity contribution in [3.8, 4) is 5.69 Å². The van der Waals surface area contributed by atoms with Gasteiger partial charge in [0, 0.05) is 7.05 Å². The monoisotopic (exact) mass is 297 g/mol. The molecule has 0 fully saturated rings. The van der Waals surface area contributed by atoms with Gasteiger partial charge in [0.2, 0.25) is 0 Å². The van der Waals surface area contributed by atoms with Crippen molar-refractivity contribution in [3.63, 3.8) is 0 Å². The number of rotatable bonds is 3. The molecule has 0 spiro atoms. The Morgan fingerprint density at radius 2 is 1.95 bits per heavy atom. The van der Waals surface area contributed by atoms with E-state index in [0.717, 1.165) is 10.7 Å². The summed E-state index contributed by atoms with van der Waals surface area (Å²) < 4.78 is 33.7. The minimum atomic E-state index is -4.38. The minimum absolute atomic E-state index is 0.200. The second-order valence-corrected chi connectivity index (χ2v) is 5.56. The van der Waals surface area contributed by atoms with Gasteiger partial charge in [0.15, 0.2) is 5.69 Å². The summed E-state index contributed by atoms with van der Waals surface area (Å²) in [6, 6.07) is 5.18. The lowest BCUT2D eigenvalue weighted by atomic mass is 10.3. The third-order valence-electron chi connectivity index (χ3n) is 2.97. The number of nitrogens with zero attached hydrogens (tertiary/aromatic N) is 3.